The Labute approximate surface area is 178 Å². The number of anilines is 2. The number of aromatic nitrogens is 5. The zero-order valence-electron chi connectivity index (χ0n) is 17.1. The molecule has 0 bridgehead atoms. The topological polar surface area (TPSA) is 60.6 Å². The van der Waals surface area contributed by atoms with Crippen molar-refractivity contribution < 1.29 is 8.78 Å². The third-order valence-corrected chi connectivity index (χ3v) is 5.69. The van der Waals surface area contributed by atoms with Gasteiger partial charge in [0.25, 0.3) is 0 Å². The maximum atomic E-state index is 14.7. The number of halogens is 2. The lowest BCUT2D eigenvalue weighted by Crippen LogP contribution is -2.08. The molecule has 158 valence electrons. The maximum Gasteiger partial charge on any atom is 0.246 e. The highest BCUT2D eigenvalue weighted by atomic mass is 19.1. The van der Waals surface area contributed by atoms with Crippen molar-refractivity contribution in [1.82, 2.24) is 24.3 Å². The average Bonchev–Trinajstić information content (AvgIpc) is 3.30. The van der Waals surface area contributed by atoms with Gasteiger partial charge >= 0.3 is 0 Å². The highest BCUT2D eigenvalue weighted by Crippen LogP contribution is 2.32. The van der Waals surface area contributed by atoms with E-state index in [1.54, 1.807) is 29.1 Å². The third kappa shape index (κ3) is 3.81. The summed E-state index contributed by atoms with van der Waals surface area (Å²) >= 11 is 0. The van der Waals surface area contributed by atoms with Crippen LogP contribution in [-0.4, -0.2) is 24.3 Å². The number of rotatable bonds is 4. The highest BCUT2D eigenvalue weighted by molar-refractivity contribution is 5.56. The molecule has 5 rings (SSSR count). The Balaban J connectivity index is 1.42. The molecule has 3 heterocycles. The summed E-state index contributed by atoms with van der Waals surface area (Å²) in [6, 6.07) is 11.5. The Kier molecular flexibility index (Phi) is 4.97. The molecule has 1 aliphatic heterocycles. The number of nitrogens with one attached hydrogen (secondary N) is 1. The number of imidazole rings is 1. The van der Waals surface area contributed by atoms with E-state index in [0.29, 0.717) is 23.1 Å². The lowest BCUT2D eigenvalue weighted by molar-refractivity contribution is 0.576. The quantitative estimate of drug-likeness (QED) is 0.498. The fourth-order valence-electron chi connectivity index (χ4n) is 4.12. The van der Waals surface area contributed by atoms with E-state index < -0.39 is 0 Å². The summed E-state index contributed by atoms with van der Waals surface area (Å²) in [6.07, 6.45) is 6.35. The van der Waals surface area contributed by atoms with Crippen molar-refractivity contribution in [1.29, 1.82) is 0 Å². The van der Waals surface area contributed by atoms with Gasteiger partial charge in [-0.15, -0.1) is 5.10 Å². The van der Waals surface area contributed by atoms with Gasteiger partial charge in [-0.05, 0) is 55.7 Å². The second-order valence-electron chi connectivity index (χ2n) is 7.75. The SMILES string of the molecule is Cc1nccn1-c1ccc(Nc2nc3n(n2)CCCCC3c2ccc(F)cc2)cc1F. The van der Waals surface area contributed by atoms with Crippen LogP contribution in [0.15, 0.2) is 54.9 Å². The normalized spacial score (nSPS) is 16.0. The summed E-state index contributed by atoms with van der Waals surface area (Å²) < 4.78 is 31.7. The molecule has 31 heavy (non-hydrogen) atoms. The maximum absolute atomic E-state index is 14.7. The van der Waals surface area contributed by atoms with Crippen LogP contribution >= 0.6 is 0 Å². The molecule has 1 atom stereocenters. The lowest BCUT2D eigenvalue weighted by Gasteiger charge is -2.14. The van der Waals surface area contributed by atoms with Crippen LogP contribution < -0.4 is 5.32 Å². The zero-order valence-corrected chi connectivity index (χ0v) is 17.1. The smallest absolute Gasteiger partial charge is 0.246 e. The lowest BCUT2D eigenvalue weighted by atomic mass is 9.93. The molecule has 4 aromatic rings. The first-order valence-electron chi connectivity index (χ1n) is 10.4. The van der Waals surface area contributed by atoms with Crippen LogP contribution in [0.3, 0.4) is 0 Å². The first kappa shape index (κ1) is 19.4. The summed E-state index contributed by atoms with van der Waals surface area (Å²) in [4.78, 5) is 8.85. The molecule has 0 saturated heterocycles. The molecular weight excluding hydrogens is 398 g/mol. The number of hydrogen-bond acceptors (Lipinski definition) is 4. The predicted octanol–water partition coefficient (Wildman–Crippen LogP) is 5.11. The average molecular weight is 420 g/mol. The fraction of sp³-hybridized carbons (Fsp3) is 0.261. The number of fused-ring (bicyclic) bond motifs is 1. The minimum atomic E-state index is -0.365. The van der Waals surface area contributed by atoms with E-state index in [4.69, 9.17) is 4.98 Å². The second kappa shape index (κ2) is 7.94. The number of aryl methyl sites for hydroxylation is 2. The molecule has 8 heteroatoms. The van der Waals surface area contributed by atoms with Crippen LogP contribution in [0.5, 0.6) is 0 Å². The van der Waals surface area contributed by atoms with Gasteiger partial charge in [0.15, 0.2) is 0 Å². The van der Waals surface area contributed by atoms with E-state index in [-0.39, 0.29) is 17.6 Å². The van der Waals surface area contributed by atoms with E-state index in [0.717, 1.165) is 37.2 Å². The summed E-state index contributed by atoms with van der Waals surface area (Å²) in [5, 5.41) is 7.72. The molecule has 2 aromatic heterocycles. The Bertz CT molecular complexity index is 1210. The molecule has 2 aromatic carbocycles. The summed E-state index contributed by atoms with van der Waals surface area (Å²) in [7, 11) is 0. The van der Waals surface area contributed by atoms with Gasteiger partial charge in [-0.25, -0.2) is 18.4 Å². The van der Waals surface area contributed by atoms with E-state index in [1.807, 2.05) is 23.7 Å². The molecule has 0 spiro atoms. The number of nitrogens with zero attached hydrogens (tertiary/aromatic N) is 5. The van der Waals surface area contributed by atoms with Gasteiger partial charge in [-0.3, -0.25) is 0 Å². The molecule has 1 N–H and O–H groups in total. The first-order chi connectivity index (χ1) is 15.1. The van der Waals surface area contributed by atoms with Crippen molar-refractivity contribution in [2.45, 2.75) is 38.6 Å². The van der Waals surface area contributed by atoms with Crippen LogP contribution in [0.2, 0.25) is 0 Å². The summed E-state index contributed by atoms with van der Waals surface area (Å²) in [5.41, 5.74) is 2.03. The van der Waals surface area contributed by atoms with Gasteiger partial charge in [0.1, 0.15) is 23.3 Å². The van der Waals surface area contributed by atoms with Gasteiger partial charge in [0.05, 0.1) is 5.69 Å². The first-order valence-corrected chi connectivity index (χ1v) is 10.4. The summed E-state index contributed by atoms with van der Waals surface area (Å²) in [6.45, 7) is 2.60. The number of hydrogen-bond donors (Lipinski definition) is 1. The van der Waals surface area contributed by atoms with E-state index in [9.17, 15) is 8.78 Å². The molecular formula is C23H22F2N6. The van der Waals surface area contributed by atoms with Crippen molar-refractivity contribution in [3.63, 3.8) is 0 Å². The zero-order chi connectivity index (χ0) is 21.4. The Morgan fingerprint density at radius 2 is 1.90 bits per heavy atom. The Hall–Kier alpha value is -3.55. The molecule has 0 saturated carbocycles. The van der Waals surface area contributed by atoms with E-state index >= 15 is 0 Å². The monoisotopic (exact) mass is 420 g/mol. The third-order valence-electron chi connectivity index (χ3n) is 5.69. The molecule has 0 fully saturated rings. The van der Waals surface area contributed by atoms with Gasteiger partial charge in [-0.1, -0.05) is 18.6 Å². The minimum absolute atomic E-state index is 0.0504. The van der Waals surface area contributed by atoms with Crippen LogP contribution in [0.4, 0.5) is 20.4 Å². The van der Waals surface area contributed by atoms with Crippen molar-refractivity contribution in [3.8, 4) is 5.69 Å². The number of benzene rings is 2. The summed E-state index contributed by atoms with van der Waals surface area (Å²) in [5.74, 6) is 1.42. The van der Waals surface area contributed by atoms with Crippen molar-refractivity contribution >= 4 is 11.6 Å². The molecule has 0 amide bonds. The predicted molar refractivity (Wildman–Crippen MR) is 114 cm³/mol. The van der Waals surface area contributed by atoms with Crippen LogP contribution in [0.25, 0.3) is 5.69 Å². The minimum Gasteiger partial charge on any atom is -0.323 e. The fourth-order valence-corrected chi connectivity index (χ4v) is 4.12. The van der Waals surface area contributed by atoms with Gasteiger partial charge in [-0.2, -0.15) is 4.98 Å². The molecule has 6 nitrogen and oxygen atoms in total. The van der Waals surface area contributed by atoms with E-state index in [1.165, 1.54) is 18.2 Å². The molecule has 0 radical (unpaired) electrons. The molecule has 1 aliphatic rings. The molecule has 1 unspecified atom stereocenters. The van der Waals surface area contributed by atoms with Crippen LogP contribution in [0, 0.1) is 18.6 Å². The van der Waals surface area contributed by atoms with Crippen molar-refractivity contribution in [2.75, 3.05) is 5.32 Å². The molecule has 0 aliphatic carbocycles. The second-order valence-corrected chi connectivity index (χ2v) is 7.75. The van der Waals surface area contributed by atoms with E-state index in [2.05, 4.69) is 15.4 Å². The van der Waals surface area contributed by atoms with Crippen LogP contribution in [0.1, 0.15) is 42.4 Å². The highest BCUT2D eigenvalue weighted by Gasteiger charge is 2.24. The largest absolute Gasteiger partial charge is 0.323 e. The Morgan fingerprint density at radius 3 is 2.65 bits per heavy atom. The Morgan fingerprint density at radius 1 is 1.06 bits per heavy atom. The van der Waals surface area contributed by atoms with Gasteiger partial charge < -0.3 is 9.88 Å². The van der Waals surface area contributed by atoms with Gasteiger partial charge in [0.2, 0.25) is 5.95 Å². The van der Waals surface area contributed by atoms with Crippen molar-refractivity contribution in [2.24, 2.45) is 0 Å². The van der Waals surface area contributed by atoms with Crippen LogP contribution in [-0.2, 0) is 6.54 Å². The standard InChI is InChI=1S/C23H22F2N6/c1-15-26-11-13-30(15)21-10-9-18(14-20(21)25)27-23-28-22-19(4-2-3-12-31(22)29-23)16-5-7-17(24)8-6-16/h5-11,13-14,19H,2-4,12H2,1H3,(H,27,29). The van der Waals surface area contributed by atoms with Gasteiger partial charge in [0, 0.05) is 30.5 Å². The van der Waals surface area contributed by atoms with Crippen molar-refractivity contribution in [3.05, 3.63) is 83.7 Å².